The topological polar surface area (TPSA) is 34.4 Å². The minimum atomic E-state index is 0.471. The lowest BCUT2D eigenvalue weighted by Gasteiger charge is -2.04. The first kappa shape index (κ1) is 14.7. The van der Waals surface area contributed by atoms with Crippen molar-refractivity contribution in [2.24, 2.45) is 0 Å². The van der Waals surface area contributed by atoms with Gasteiger partial charge in [-0.05, 0) is 43.7 Å². The van der Waals surface area contributed by atoms with Gasteiger partial charge in [0, 0.05) is 12.1 Å². The SMILES string of the molecule is CCNCc1cc(COc2ccc(CC)cc2)oc1C. The normalized spacial score (nSPS) is 10.8. The van der Waals surface area contributed by atoms with Gasteiger partial charge >= 0.3 is 0 Å². The molecule has 0 unspecified atom stereocenters. The third-order valence-corrected chi connectivity index (χ3v) is 3.35. The summed E-state index contributed by atoms with van der Waals surface area (Å²) in [6, 6.07) is 10.3. The molecule has 0 bridgehead atoms. The third kappa shape index (κ3) is 3.87. The summed E-state index contributed by atoms with van der Waals surface area (Å²) in [6.45, 7) is 8.51. The number of ether oxygens (including phenoxy) is 1. The van der Waals surface area contributed by atoms with Crippen molar-refractivity contribution < 1.29 is 9.15 Å². The van der Waals surface area contributed by atoms with Crippen molar-refractivity contribution in [1.82, 2.24) is 5.32 Å². The highest BCUT2D eigenvalue weighted by molar-refractivity contribution is 5.27. The number of nitrogens with one attached hydrogen (secondary N) is 1. The van der Waals surface area contributed by atoms with Crippen molar-refractivity contribution in [3.63, 3.8) is 0 Å². The summed E-state index contributed by atoms with van der Waals surface area (Å²) in [7, 11) is 0. The van der Waals surface area contributed by atoms with Crippen LogP contribution in [0.25, 0.3) is 0 Å². The van der Waals surface area contributed by atoms with Crippen LogP contribution >= 0.6 is 0 Å². The van der Waals surface area contributed by atoms with E-state index in [-0.39, 0.29) is 0 Å². The molecular formula is C17H23NO2. The second-order valence-electron chi connectivity index (χ2n) is 4.86. The van der Waals surface area contributed by atoms with Gasteiger partial charge in [0.1, 0.15) is 23.9 Å². The van der Waals surface area contributed by atoms with E-state index >= 15 is 0 Å². The van der Waals surface area contributed by atoms with Crippen LogP contribution in [-0.4, -0.2) is 6.54 Å². The maximum absolute atomic E-state index is 5.75. The van der Waals surface area contributed by atoms with Crippen LogP contribution in [0, 0.1) is 6.92 Å². The van der Waals surface area contributed by atoms with E-state index in [4.69, 9.17) is 9.15 Å². The van der Waals surface area contributed by atoms with Crippen molar-refractivity contribution in [2.45, 2.75) is 40.3 Å². The molecule has 0 aliphatic rings. The Balaban J connectivity index is 1.92. The number of aryl methyl sites for hydroxylation is 2. The molecule has 2 aromatic rings. The van der Waals surface area contributed by atoms with E-state index in [9.17, 15) is 0 Å². The number of hydrogen-bond donors (Lipinski definition) is 1. The summed E-state index contributed by atoms with van der Waals surface area (Å²) in [5.41, 5.74) is 2.52. The van der Waals surface area contributed by atoms with Crippen LogP contribution in [-0.2, 0) is 19.6 Å². The van der Waals surface area contributed by atoms with Gasteiger partial charge in [-0.3, -0.25) is 0 Å². The monoisotopic (exact) mass is 273 g/mol. The summed E-state index contributed by atoms with van der Waals surface area (Å²) in [4.78, 5) is 0. The standard InChI is InChI=1S/C17H23NO2/c1-4-14-6-8-16(9-7-14)19-12-17-10-15(11-18-5-2)13(3)20-17/h6-10,18H,4-5,11-12H2,1-3H3. The van der Waals surface area contributed by atoms with Crippen molar-refractivity contribution >= 4 is 0 Å². The first-order valence-electron chi connectivity index (χ1n) is 7.23. The average Bonchev–Trinajstić information content (AvgIpc) is 2.84. The lowest BCUT2D eigenvalue weighted by Crippen LogP contribution is -2.11. The highest BCUT2D eigenvalue weighted by Crippen LogP contribution is 2.18. The third-order valence-electron chi connectivity index (χ3n) is 3.35. The zero-order valence-electron chi connectivity index (χ0n) is 12.5. The van der Waals surface area contributed by atoms with E-state index < -0.39 is 0 Å². The Morgan fingerprint density at radius 1 is 1.15 bits per heavy atom. The summed E-state index contributed by atoms with van der Waals surface area (Å²) >= 11 is 0. The van der Waals surface area contributed by atoms with E-state index in [0.29, 0.717) is 6.61 Å². The van der Waals surface area contributed by atoms with Crippen molar-refractivity contribution in [3.05, 3.63) is 53.0 Å². The largest absolute Gasteiger partial charge is 0.486 e. The van der Waals surface area contributed by atoms with Gasteiger partial charge in [0.25, 0.3) is 0 Å². The summed E-state index contributed by atoms with van der Waals surface area (Å²) in [5.74, 6) is 2.71. The maximum Gasteiger partial charge on any atom is 0.146 e. The molecule has 1 aromatic heterocycles. The minimum absolute atomic E-state index is 0.471. The van der Waals surface area contributed by atoms with E-state index in [0.717, 1.165) is 36.8 Å². The van der Waals surface area contributed by atoms with E-state index in [1.165, 1.54) is 11.1 Å². The molecule has 0 aliphatic carbocycles. The van der Waals surface area contributed by atoms with Crippen molar-refractivity contribution in [2.75, 3.05) is 6.54 Å². The predicted molar refractivity (Wildman–Crippen MR) is 81.0 cm³/mol. The lowest BCUT2D eigenvalue weighted by atomic mass is 10.2. The Morgan fingerprint density at radius 3 is 2.55 bits per heavy atom. The molecule has 0 saturated carbocycles. The average molecular weight is 273 g/mol. The molecule has 0 spiro atoms. The van der Waals surface area contributed by atoms with Gasteiger partial charge in [0.15, 0.2) is 0 Å². The minimum Gasteiger partial charge on any atom is -0.486 e. The molecule has 0 fully saturated rings. The predicted octanol–water partition coefficient (Wildman–Crippen LogP) is 3.84. The van der Waals surface area contributed by atoms with Crippen LogP contribution in [0.5, 0.6) is 5.75 Å². The van der Waals surface area contributed by atoms with Gasteiger partial charge in [-0.25, -0.2) is 0 Å². The van der Waals surface area contributed by atoms with Gasteiger partial charge < -0.3 is 14.5 Å². The highest BCUT2D eigenvalue weighted by atomic mass is 16.5. The van der Waals surface area contributed by atoms with Crippen LogP contribution in [0.15, 0.2) is 34.7 Å². The second kappa shape index (κ2) is 7.15. The van der Waals surface area contributed by atoms with Gasteiger partial charge in [-0.15, -0.1) is 0 Å². The molecule has 0 aliphatic heterocycles. The van der Waals surface area contributed by atoms with Crippen LogP contribution < -0.4 is 10.1 Å². The van der Waals surface area contributed by atoms with E-state index in [1.54, 1.807) is 0 Å². The molecule has 3 nitrogen and oxygen atoms in total. The fourth-order valence-electron chi connectivity index (χ4n) is 2.07. The van der Waals surface area contributed by atoms with Crippen molar-refractivity contribution in [1.29, 1.82) is 0 Å². The fourth-order valence-corrected chi connectivity index (χ4v) is 2.07. The molecular weight excluding hydrogens is 250 g/mol. The Kier molecular flexibility index (Phi) is 5.24. The molecule has 108 valence electrons. The van der Waals surface area contributed by atoms with Gasteiger partial charge in [-0.1, -0.05) is 26.0 Å². The summed E-state index contributed by atoms with van der Waals surface area (Å²) < 4.78 is 11.5. The molecule has 2 rings (SSSR count). The van der Waals surface area contributed by atoms with Gasteiger partial charge in [-0.2, -0.15) is 0 Å². The first-order chi connectivity index (χ1) is 9.72. The zero-order valence-corrected chi connectivity index (χ0v) is 12.5. The molecule has 0 atom stereocenters. The summed E-state index contributed by atoms with van der Waals surface area (Å²) in [5, 5.41) is 3.30. The summed E-state index contributed by atoms with van der Waals surface area (Å²) in [6.07, 6.45) is 1.05. The lowest BCUT2D eigenvalue weighted by molar-refractivity contribution is 0.267. The van der Waals surface area contributed by atoms with E-state index in [1.807, 2.05) is 19.1 Å². The second-order valence-corrected chi connectivity index (χ2v) is 4.86. The van der Waals surface area contributed by atoms with Crippen LogP contribution in [0.2, 0.25) is 0 Å². The number of benzene rings is 1. The molecule has 1 heterocycles. The molecule has 1 aromatic carbocycles. The first-order valence-corrected chi connectivity index (χ1v) is 7.23. The smallest absolute Gasteiger partial charge is 0.146 e. The van der Waals surface area contributed by atoms with E-state index in [2.05, 4.69) is 37.4 Å². The molecule has 0 radical (unpaired) electrons. The van der Waals surface area contributed by atoms with Gasteiger partial charge in [0.2, 0.25) is 0 Å². The Morgan fingerprint density at radius 2 is 1.90 bits per heavy atom. The molecule has 20 heavy (non-hydrogen) atoms. The molecule has 3 heteroatoms. The number of furan rings is 1. The highest BCUT2D eigenvalue weighted by Gasteiger charge is 2.07. The van der Waals surface area contributed by atoms with Crippen LogP contribution in [0.1, 0.15) is 36.5 Å². The number of hydrogen-bond acceptors (Lipinski definition) is 3. The van der Waals surface area contributed by atoms with Crippen LogP contribution in [0.4, 0.5) is 0 Å². The molecule has 0 saturated heterocycles. The Bertz CT molecular complexity index is 528. The molecule has 1 N–H and O–H groups in total. The zero-order chi connectivity index (χ0) is 14.4. The fraction of sp³-hybridized carbons (Fsp3) is 0.412. The van der Waals surface area contributed by atoms with Gasteiger partial charge in [0.05, 0.1) is 0 Å². The molecule has 0 amide bonds. The Hall–Kier alpha value is -1.74. The quantitative estimate of drug-likeness (QED) is 0.832. The van der Waals surface area contributed by atoms with Crippen LogP contribution in [0.3, 0.4) is 0 Å². The Labute approximate surface area is 121 Å². The van der Waals surface area contributed by atoms with Crippen molar-refractivity contribution in [3.8, 4) is 5.75 Å². The number of rotatable bonds is 7. The maximum atomic E-state index is 5.75.